The Hall–Kier alpha value is -2.92. The van der Waals surface area contributed by atoms with Gasteiger partial charge in [0.05, 0.1) is 11.7 Å². The smallest absolute Gasteiger partial charge is 0.311 e. The first-order valence-corrected chi connectivity index (χ1v) is 11.5. The van der Waals surface area contributed by atoms with E-state index >= 15 is 0 Å². The summed E-state index contributed by atoms with van der Waals surface area (Å²) >= 11 is 6.04. The van der Waals surface area contributed by atoms with Gasteiger partial charge in [-0.25, -0.2) is 4.98 Å². The number of carbonyl (C=O) groups is 1. The summed E-state index contributed by atoms with van der Waals surface area (Å²) in [6.07, 6.45) is -1.32. The molecule has 4 heterocycles. The maximum absolute atomic E-state index is 12.4. The Morgan fingerprint density at radius 1 is 1.26 bits per heavy atom. The Morgan fingerprint density at radius 2 is 1.97 bits per heavy atom. The van der Waals surface area contributed by atoms with Crippen LogP contribution >= 0.6 is 11.6 Å². The molecule has 2 fully saturated rings. The summed E-state index contributed by atoms with van der Waals surface area (Å²) < 4.78 is 30.1. The van der Waals surface area contributed by atoms with Crippen LogP contribution in [0.1, 0.15) is 51.2 Å². The highest BCUT2D eigenvalue weighted by atomic mass is 35.5. The molecule has 35 heavy (non-hydrogen) atoms. The van der Waals surface area contributed by atoms with E-state index in [1.54, 1.807) is 32.9 Å². The van der Waals surface area contributed by atoms with Crippen LogP contribution in [0.5, 0.6) is 0 Å². The number of ether oxygens (including phenoxy) is 4. The maximum atomic E-state index is 12.4. The lowest BCUT2D eigenvalue weighted by Crippen LogP contribution is -2.41. The molecule has 5 rings (SSSR count). The Kier molecular flexibility index (Phi) is 5.67. The number of esters is 1. The summed E-state index contributed by atoms with van der Waals surface area (Å²) in [6, 6.07) is 7.13. The van der Waals surface area contributed by atoms with Gasteiger partial charge in [0, 0.05) is 16.1 Å². The van der Waals surface area contributed by atoms with Gasteiger partial charge < -0.3 is 29.1 Å². The van der Waals surface area contributed by atoms with Gasteiger partial charge >= 0.3 is 5.97 Å². The van der Waals surface area contributed by atoms with E-state index in [9.17, 15) is 9.59 Å². The fraction of sp³-hybridized carbons (Fsp3) is 0.458. The first-order valence-electron chi connectivity index (χ1n) is 11.2. The molecular formula is C24H26ClN3O7. The second-order valence-electron chi connectivity index (χ2n) is 9.96. The number of rotatable bonds is 4. The highest BCUT2D eigenvalue weighted by Crippen LogP contribution is 2.54. The number of aromatic amines is 1. The highest BCUT2D eigenvalue weighted by molar-refractivity contribution is 6.30. The van der Waals surface area contributed by atoms with Crippen molar-refractivity contribution >= 4 is 34.6 Å². The molecule has 0 aliphatic carbocycles. The van der Waals surface area contributed by atoms with Crippen molar-refractivity contribution in [2.24, 2.45) is 5.41 Å². The second-order valence-corrected chi connectivity index (χ2v) is 10.4. The molecule has 0 amide bonds. The molecule has 11 heteroatoms. The van der Waals surface area contributed by atoms with Crippen molar-refractivity contribution in [3.63, 3.8) is 0 Å². The molecule has 0 bridgehead atoms. The molecule has 3 N–H and O–H groups in total. The van der Waals surface area contributed by atoms with E-state index in [-0.39, 0.29) is 29.6 Å². The minimum atomic E-state index is -1.03. The van der Waals surface area contributed by atoms with Crippen molar-refractivity contribution in [2.75, 3.05) is 12.3 Å². The molecule has 186 valence electrons. The van der Waals surface area contributed by atoms with Crippen LogP contribution in [0.15, 0.2) is 39.7 Å². The van der Waals surface area contributed by atoms with Gasteiger partial charge in [-0.3, -0.25) is 14.6 Å². The number of nitrogen functional groups attached to an aromatic ring is 1. The summed E-state index contributed by atoms with van der Waals surface area (Å²) in [5.74, 6) is -0.419. The number of fused-ring (bicyclic) bond motifs is 2. The van der Waals surface area contributed by atoms with E-state index in [1.165, 1.54) is 6.26 Å². The van der Waals surface area contributed by atoms with Crippen LogP contribution in [-0.4, -0.2) is 40.4 Å². The van der Waals surface area contributed by atoms with Gasteiger partial charge in [0.1, 0.15) is 36.0 Å². The normalized spacial score (nSPS) is 28.4. The number of carbonyl (C=O) groups excluding carboxylic acids is 1. The minimum Gasteiger partial charge on any atom is -0.462 e. The number of halogens is 1. The van der Waals surface area contributed by atoms with E-state index in [0.29, 0.717) is 10.6 Å². The Balaban J connectivity index is 1.52. The molecule has 5 atom stereocenters. The quantitative estimate of drug-likeness (QED) is 0.510. The predicted octanol–water partition coefficient (Wildman–Crippen LogP) is 3.65. The zero-order chi connectivity index (χ0) is 25.1. The molecule has 0 radical (unpaired) electrons. The third-order valence-electron chi connectivity index (χ3n) is 6.25. The van der Waals surface area contributed by atoms with Crippen molar-refractivity contribution in [1.29, 1.82) is 0 Å². The number of furan rings is 1. The number of benzene rings is 1. The van der Waals surface area contributed by atoms with E-state index in [0.717, 1.165) is 5.56 Å². The fourth-order valence-electron chi connectivity index (χ4n) is 4.44. The molecule has 2 saturated heterocycles. The van der Waals surface area contributed by atoms with E-state index < -0.39 is 41.2 Å². The molecule has 2 aliphatic rings. The topological polar surface area (TPSA) is 139 Å². The molecule has 2 aliphatic heterocycles. The molecule has 1 aromatic carbocycles. The molecule has 1 unspecified atom stereocenters. The molecule has 3 aromatic rings. The number of hydrogen-bond donors (Lipinski definition) is 2. The van der Waals surface area contributed by atoms with Gasteiger partial charge in [0.2, 0.25) is 11.5 Å². The number of nitrogens with one attached hydrogen (secondary N) is 1. The van der Waals surface area contributed by atoms with E-state index in [1.807, 2.05) is 19.1 Å². The van der Waals surface area contributed by atoms with E-state index in [2.05, 4.69) is 9.97 Å². The third kappa shape index (κ3) is 4.10. The maximum Gasteiger partial charge on any atom is 0.311 e. The summed E-state index contributed by atoms with van der Waals surface area (Å²) in [6.45, 7) is 7.12. The zero-order valence-corrected chi connectivity index (χ0v) is 20.4. The van der Waals surface area contributed by atoms with E-state index in [4.69, 9.17) is 40.7 Å². The molecule has 2 aromatic heterocycles. The average molecular weight is 504 g/mol. The number of aromatic nitrogens is 2. The Labute approximate surface area is 205 Å². The Morgan fingerprint density at radius 3 is 2.66 bits per heavy atom. The summed E-state index contributed by atoms with van der Waals surface area (Å²) in [4.78, 5) is 31.4. The largest absolute Gasteiger partial charge is 0.462 e. The van der Waals surface area contributed by atoms with Crippen LogP contribution in [0.25, 0.3) is 11.1 Å². The summed E-state index contributed by atoms with van der Waals surface area (Å²) in [5, 5.41) is 0.588. The standard InChI is InChI=1S/C24H26ClN3O7/c1-23(2,3)21(30)32-10-14-18-24(4,35-20(34-18)11-5-7-12(25)8-6-11)17(33-14)13-9-31-16-15(13)27-22(26)28-19(16)29/h5-9,14,17-18,20H,10H2,1-4H3,(H3,26,27,28,29)/t14-,17+,18-,20?,24+/m1/s1. The van der Waals surface area contributed by atoms with Crippen LogP contribution in [0, 0.1) is 5.41 Å². The number of hydrogen-bond acceptors (Lipinski definition) is 9. The van der Waals surface area contributed by atoms with Gasteiger partial charge in [-0.15, -0.1) is 0 Å². The van der Waals surface area contributed by atoms with Crippen molar-refractivity contribution < 1.29 is 28.2 Å². The summed E-state index contributed by atoms with van der Waals surface area (Å²) in [7, 11) is 0. The molecule has 10 nitrogen and oxygen atoms in total. The van der Waals surface area contributed by atoms with Gasteiger partial charge in [-0.05, 0) is 39.8 Å². The number of nitrogens with two attached hydrogens (primary N) is 1. The number of nitrogens with zero attached hydrogens (tertiary/aromatic N) is 1. The lowest BCUT2D eigenvalue weighted by Gasteiger charge is -2.27. The van der Waals surface area contributed by atoms with Crippen LogP contribution in [0.3, 0.4) is 0 Å². The van der Waals surface area contributed by atoms with Crippen molar-refractivity contribution in [3.8, 4) is 0 Å². The highest BCUT2D eigenvalue weighted by Gasteiger charge is 2.63. The lowest BCUT2D eigenvalue weighted by molar-refractivity contribution is -0.171. The number of H-pyrrole nitrogens is 1. The predicted molar refractivity (Wildman–Crippen MR) is 126 cm³/mol. The molecular weight excluding hydrogens is 478 g/mol. The third-order valence-corrected chi connectivity index (χ3v) is 6.51. The number of anilines is 1. The van der Waals surface area contributed by atoms with Gasteiger partial charge in [0.15, 0.2) is 6.29 Å². The zero-order valence-electron chi connectivity index (χ0n) is 19.7. The monoisotopic (exact) mass is 503 g/mol. The van der Waals surface area contributed by atoms with Crippen LogP contribution < -0.4 is 11.3 Å². The van der Waals surface area contributed by atoms with Crippen molar-refractivity contribution in [3.05, 3.63) is 57.0 Å². The minimum absolute atomic E-state index is 0.0220. The van der Waals surface area contributed by atoms with Gasteiger partial charge in [-0.1, -0.05) is 23.7 Å². The molecule has 0 spiro atoms. The first kappa shape index (κ1) is 23.8. The van der Waals surface area contributed by atoms with Crippen LogP contribution in [0.4, 0.5) is 5.95 Å². The first-order chi connectivity index (χ1) is 16.5. The lowest BCUT2D eigenvalue weighted by atomic mass is 9.89. The Bertz CT molecular complexity index is 1330. The van der Waals surface area contributed by atoms with Crippen LogP contribution in [0.2, 0.25) is 5.02 Å². The van der Waals surface area contributed by atoms with Gasteiger partial charge in [-0.2, -0.15) is 0 Å². The fourth-order valence-corrected chi connectivity index (χ4v) is 4.57. The van der Waals surface area contributed by atoms with Crippen molar-refractivity contribution in [1.82, 2.24) is 9.97 Å². The molecule has 0 saturated carbocycles. The average Bonchev–Trinajstić information content (AvgIpc) is 3.42. The van der Waals surface area contributed by atoms with Gasteiger partial charge in [0.25, 0.3) is 5.56 Å². The second kappa shape index (κ2) is 8.34. The SMILES string of the molecule is CC(C)(C)C(=O)OC[C@H]1O[C@@H](c2coc3c(=O)[nH]c(N)nc23)[C@]2(C)OC(c3ccc(Cl)cc3)O[C@H]12. The summed E-state index contributed by atoms with van der Waals surface area (Å²) in [5.41, 5.74) is 5.11. The van der Waals surface area contributed by atoms with Crippen LogP contribution in [-0.2, 0) is 23.7 Å². The van der Waals surface area contributed by atoms with Crippen molar-refractivity contribution in [2.45, 2.75) is 57.9 Å².